The molecule has 19 heavy (non-hydrogen) atoms. The van der Waals surface area contributed by atoms with Gasteiger partial charge in [0.15, 0.2) is 0 Å². The zero-order chi connectivity index (χ0) is 13.8. The van der Waals surface area contributed by atoms with Gasteiger partial charge in [-0.1, -0.05) is 56.3 Å². The van der Waals surface area contributed by atoms with E-state index in [2.05, 4.69) is 68.3 Å². The van der Waals surface area contributed by atoms with Gasteiger partial charge in [0, 0.05) is 12.6 Å². The number of benzene rings is 2. The summed E-state index contributed by atoms with van der Waals surface area (Å²) in [5, 5.41) is 12.1. The van der Waals surface area contributed by atoms with Crippen molar-refractivity contribution in [2.24, 2.45) is 5.92 Å². The molecule has 0 spiro atoms. The summed E-state index contributed by atoms with van der Waals surface area (Å²) >= 11 is 0. The van der Waals surface area contributed by atoms with Crippen molar-refractivity contribution in [1.29, 1.82) is 0 Å². The van der Waals surface area contributed by atoms with Gasteiger partial charge in [-0.15, -0.1) is 0 Å². The molecule has 0 saturated heterocycles. The van der Waals surface area contributed by atoms with Gasteiger partial charge in [0.2, 0.25) is 0 Å². The standard InChI is InChI=1S/C17H23NO/c1-13(2)17(12-19)18(3)11-15-9-6-8-14-7-4-5-10-16(14)15/h4-10,13,17,19H,11-12H2,1-3H3. The topological polar surface area (TPSA) is 23.5 Å². The normalized spacial score (nSPS) is 13.4. The second-order valence-electron chi connectivity index (χ2n) is 5.55. The summed E-state index contributed by atoms with van der Waals surface area (Å²) in [4.78, 5) is 2.24. The first-order valence-corrected chi connectivity index (χ1v) is 6.91. The van der Waals surface area contributed by atoms with Crippen LogP contribution in [0.4, 0.5) is 0 Å². The fourth-order valence-corrected chi connectivity index (χ4v) is 2.68. The summed E-state index contributed by atoms with van der Waals surface area (Å²) in [6.07, 6.45) is 0. The van der Waals surface area contributed by atoms with Crippen molar-refractivity contribution in [3.05, 3.63) is 48.0 Å². The third kappa shape index (κ3) is 3.14. The van der Waals surface area contributed by atoms with Crippen LogP contribution in [-0.2, 0) is 6.54 Å². The first kappa shape index (κ1) is 14.0. The van der Waals surface area contributed by atoms with Crippen LogP contribution in [0.3, 0.4) is 0 Å². The quantitative estimate of drug-likeness (QED) is 0.888. The van der Waals surface area contributed by atoms with Crippen molar-refractivity contribution in [3.8, 4) is 0 Å². The molecule has 2 nitrogen and oxygen atoms in total. The van der Waals surface area contributed by atoms with E-state index in [-0.39, 0.29) is 12.6 Å². The summed E-state index contributed by atoms with van der Waals surface area (Å²) < 4.78 is 0. The number of hydrogen-bond donors (Lipinski definition) is 1. The summed E-state index contributed by atoms with van der Waals surface area (Å²) in [6, 6.07) is 15.1. The molecule has 0 heterocycles. The zero-order valence-corrected chi connectivity index (χ0v) is 12.0. The molecule has 0 fully saturated rings. The summed E-state index contributed by atoms with van der Waals surface area (Å²) in [5.41, 5.74) is 1.32. The molecule has 102 valence electrons. The van der Waals surface area contributed by atoms with E-state index in [0.717, 1.165) is 6.54 Å². The molecule has 0 radical (unpaired) electrons. The highest BCUT2D eigenvalue weighted by Crippen LogP contribution is 2.21. The number of likely N-dealkylation sites (N-methyl/N-ethyl adjacent to an activating group) is 1. The Morgan fingerprint density at radius 3 is 2.42 bits per heavy atom. The van der Waals surface area contributed by atoms with Crippen LogP contribution in [0, 0.1) is 5.92 Å². The Bertz CT molecular complexity index is 530. The predicted octanol–water partition coefficient (Wildman–Crippen LogP) is 3.29. The molecule has 0 aliphatic carbocycles. The van der Waals surface area contributed by atoms with Gasteiger partial charge in [0.1, 0.15) is 0 Å². The van der Waals surface area contributed by atoms with Gasteiger partial charge in [0.25, 0.3) is 0 Å². The Kier molecular flexibility index (Phi) is 4.56. The van der Waals surface area contributed by atoms with E-state index >= 15 is 0 Å². The third-order valence-corrected chi connectivity index (χ3v) is 3.82. The van der Waals surface area contributed by atoms with E-state index in [1.165, 1.54) is 16.3 Å². The SMILES string of the molecule is CC(C)C(CO)N(C)Cc1cccc2ccccc12. The highest BCUT2D eigenvalue weighted by atomic mass is 16.3. The van der Waals surface area contributed by atoms with E-state index in [0.29, 0.717) is 5.92 Å². The molecule has 2 aromatic carbocycles. The Hall–Kier alpha value is -1.38. The van der Waals surface area contributed by atoms with E-state index in [4.69, 9.17) is 0 Å². The first-order valence-electron chi connectivity index (χ1n) is 6.91. The van der Waals surface area contributed by atoms with Crippen LogP contribution in [0.5, 0.6) is 0 Å². The lowest BCUT2D eigenvalue weighted by Gasteiger charge is -2.30. The Balaban J connectivity index is 2.26. The maximum Gasteiger partial charge on any atom is 0.0589 e. The van der Waals surface area contributed by atoms with E-state index in [9.17, 15) is 5.11 Å². The average molecular weight is 257 g/mol. The van der Waals surface area contributed by atoms with E-state index in [1.54, 1.807) is 0 Å². The van der Waals surface area contributed by atoms with Crippen molar-refractivity contribution in [1.82, 2.24) is 4.90 Å². The number of rotatable bonds is 5. The molecular formula is C17H23NO. The molecule has 0 aromatic heterocycles. The Labute approximate surface area is 115 Å². The number of aliphatic hydroxyl groups is 1. The predicted molar refractivity (Wildman–Crippen MR) is 81.1 cm³/mol. The molecule has 1 unspecified atom stereocenters. The van der Waals surface area contributed by atoms with Gasteiger partial charge in [-0.25, -0.2) is 0 Å². The maximum absolute atomic E-state index is 9.52. The number of aliphatic hydroxyl groups excluding tert-OH is 1. The Morgan fingerprint density at radius 1 is 1.05 bits per heavy atom. The third-order valence-electron chi connectivity index (χ3n) is 3.82. The van der Waals surface area contributed by atoms with Gasteiger partial charge >= 0.3 is 0 Å². The van der Waals surface area contributed by atoms with Crippen molar-refractivity contribution < 1.29 is 5.11 Å². The summed E-state index contributed by atoms with van der Waals surface area (Å²) in [7, 11) is 2.09. The summed E-state index contributed by atoms with van der Waals surface area (Å²) in [6.45, 7) is 5.38. The molecular weight excluding hydrogens is 234 g/mol. The molecule has 0 aliphatic heterocycles. The van der Waals surface area contributed by atoms with Gasteiger partial charge in [-0.05, 0) is 29.3 Å². The van der Waals surface area contributed by atoms with Crippen LogP contribution < -0.4 is 0 Å². The first-order chi connectivity index (χ1) is 9.13. The van der Waals surface area contributed by atoms with Gasteiger partial charge in [-0.2, -0.15) is 0 Å². The molecule has 0 aliphatic rings. The highest BCUT2D eigenvalue weighted by Gasteiger charge is 2.18. The summed E-state index contributed by atoms with van der Waals surface area (Å²) in [5.74, 6) is 0.449. The van der Waals surface area contributed by atoms with Gasteiger partial charge in [0.05, 0.1) is 6.61 Å². The highest BCUT2D eigenvalue weighted by molar-refractivity contribution is 5.85. The van der Waals surface area contributed by atoms with Gasteiger partial charge < -0.3 is 5.11 Å². The smallest absolute Gasteiger partial charge is 0.0589 e. The minimum absolute atomic E-state index is 0.207. The minimum Gasteiger partial charge on any atom is -0.395 e. The molecule has 0 saturated carbocycles. The van der Waals surface area contributed by atoms with Crippen molar-refractivity contribution in [2.75, 3.05) is 13.7 Å². The fraction of sp³-hybridized carbons (Fsp3) is 0.412. The molecule has 0 bridgehead atoms. The Morgan fingerprint density at radius 2 is 1.74 bits per heavy atom. The zero-order valence-electron chi connectivity index (χ0n) is 12.0. The average Bonchev–Trinajstić information content (AvgIpc) is 2.39. The maximum atomic E-state index is 9.52. The number of hydrogen-bond acceptors (Lipinski definition) is 2. The van der Waals surface area contributed by atoms with Crippen molar-refractivity contribution >= 4 is 10.8 Å². The van der Waals surface area contributed by atoms with Crippen molar-refractivity contribution in [3.63, 3.8) is 0 Å². The second kappa shape index (κ2) is 6.18. The molecule has 1 N–H and O–H groups in total. The molecule has 0 amide bonds. The lowest BCUT2D eigenvalue weighted by molar-refractivity contribution is 0.108. The van der Waals surface area contributed by atoms with Gasteiger partial charge in [-0.3, -0.25) is 4.90 Å². The van der Waals surface area contributed by atoms with Crippen molar-refractivity contribution in [2.45, 2.75) is 26.4 Å². The monoisotopic (exact) mass is 257 g/mol. The van der Waals surface area contributed by atoms with Crippen LogP contribution >= 0.6 is 0 Å². The van der Waals surface area contributed by atoms with E-state index in [1.807, 2.05) is 0 Å². The van der Waals surface area contributed by atoms with Crippen LogP contribution in [0.15, 0.2) is 42.5 Å². The number of fused-ring (bicyclic) bond motifs is 1. The molecule has 2 heteroatoms. The lowest BCUT2D eigenvalue weighted by atomic mass is 10.0. The second-order valence-corrected chi connectivity index (χ2v) is 5.55. The van der Waals surface area contributed by atoms with Crippen LogP contribution in [0.2, 0.25) is 0 Å². The number of nitrogens with zero attached hydrogens (tertiary/aromatic N) is 1. The largest absolute Gasteiger partial charge is 0.395 e. The lowest BCUT2D eigenvalue weighted by Crippen LogP contribution is -2.38. The molecule has 2 aromatic rings. The molecule has 1 atom stereocenters. The van der Waals surface area contributed by atoms with Crippen LogP contribution in [0.25, 0.3) is 10.8 Å². The minimum atomic E-state index is 0.207. The van der Waals surface area contributed by atoms with E-state index < -0.39 is 0 Å². The van der Waals surface area contributed by atoms with Crippen LogP contribution in [-0.4, -0.2) is 29.7 Å². The fourth-order valence-electron chi connectivity index (χ4n) is 2.68. The van der Waals surface area contributed by atoms with Crippen LogP contribution in [0.1, 0.15) is 19.4 Å². The molecule has 2 rings (SSSR count).